The van der Waals surface area contributed by atoms with E-state index in [1.165, 1.54) is 0 Å². The molecule has 2 N–H and O–H groups in total. The van der Waals surface area contributed by atoms with Crippen molar-refractivity contribution in [1.29, 1.82) is 0 Å². The first-order chi connectivity index (χ1) is 24.2. The molecule has 0 spiro atoms. The number of aromatic amines is 2. The number of imidazole rings is 2. The molecule has 0 radical (unpaired) electrons. The molecule has 0 aliphatic carbocycles. The van der Waals surface area contributed by atoms with Crippen LogP contribution >= 0.6 is 0 Å². The molecular weight excluding hydrogens is 628 g/mol. The fourth-order valence-corrected chi connectivity index (χ4v) is 8.33. The average molecular weight is 675 g/mol. The summed E-state index contributed by atoms with van der Waals surface area (Å²) in [5.74, 6) is 3.28. The molecule has 50 heavy (non-hydrogen) atoms. The van der Waals surface area contributed by atoms with E-state index < -0.39 is 0 Å². The van der Waals surface area contributed by atoms with Gasteiger partial charge in [0.1, 0.15) is 24.0 Å². The molecule has 2 aromatic heterocycles. The fourth-order valence-electron chi connectivity index (χ4n) is 8.33. The molecule has 5 aromatic rings. The minimum absolute atomic E-state index is 0.0275. The average Bonchev–Trinajstić information content (AvgIpc) is 3.92. The zero-order chi connectivity index (χ0) is 34.7. The number of rotatable bonds is 8. The molecule has 0 saturated carbocycles. The van der Waals surface area contributed by atoms with Crippen LogP contribution in [0.3, 0.4) is 0 Å². The highest BCUT2D eigenvalue weighted by atomic mass is 16.5. The van der Waals surface area contributed by atoms with Crippen LogP contribution in [-0.2, 0) is 20.9 Å². The summed E-state index contributed by atoms with van der Waals surface area (Å²) in [5.41, 5.74) is 7.16. The number of fused-ring (bicyclic) bond motifs is 6. The predicted octanol–water partition coefficient (Wildman–Crippen LogP) is 7.85. The van der Waals surface area contributed by atoms with Gasteiger partial charge in [0.25, 0.3) is 0 Å². The van der Waals surface area contributed by atoms with E-state index in [1.54, 1.807) is 7.11 Å². The Bertz CT molecular complexity index is 2100. The molecule has 5 heterocycles. The van der Waals surface area contributed by atoms with Gasteiger partial charge in [-0.25, -0.2) is 9.97 Å². The Morgan fingerprint density at radius 1 is 1.02 bits per heavy atom. The summed E-state index contributed by atoms with van der Waals surface area (Å²) >= 11 is 0. The van der Waals surface area contributed by atoms with E-state index in [0.717, 1.165) is 99.4 Å². The smallest absolute Gasteiger partial charge is 0.226 e. The van der Waals surface area contributed by atoms with E-state index in [-0.39, 0.29) is 36.0 Å². The Labute approximate surface area is 292 Å². The van der Waals surface area contributed by atoms with Crippen molar-refractivity contribution in [3.8, 4) is 28.1 Å². The lowest BCUT2D eigenvalue weighted by Crippen LogP contribution is -2.37. The van der Waals surface area contributed by atoms with Gasteiger partial charge in [0.2, 0.25) is 11.8 Å². The fraction of sp³-hybridized carbons (Fsp3) is 0.450. The van der Waals surface area contributed by atoms with Crippen molar-refractivity contribution in [2.24, 2.45) is 5.92 Å². The number of nitrogens with one attached hydrogen (secondary N) is 2. The number of hydrogen-bond acceptors (Lipinski definition) is 6. The number of benzene rings is 3. The van der Waals surface area contributed by atoms with E-state index in [9.17, 15) is 9.59 Å². The zero-order valence-electron chi connectivity index (χ0n) is 29.6. The summed E-state index contributed by atoms with van der Waals surface area (Å²) in [7, 11) is 1.64. The molecule has 8 rings (SSSR count). The van der Waals surface area contributed by atoms with Crippen LogP contribution in [0, 0.1) is 5.92 Å². The van der Waals surface area contributed by atoms with Gasteiger partial charge in [-0.3, -0.25) is 9.59 Å². The normalized spacial score (nSPS) is 22.2. The Hall–Kier alpha value is -4.70. The van der Waals surface area contributed by atoms with Gasteiger partial charge >= 0.3 is 0 Å². The van der Waals surface area contributed by atoms with E-state index in [2.05, 4.69) is 73.2 Å². The maximum Gasteiger partial charge on any atom is 0.226 e. The number of nitrogens with zero attached hydrogens (tertiary/aromatic N) is 4. The number of carbonyl (C=O) groups is 2. The minimum atomic E-state index is -0.122. The Balaban J connectivity index is 1.07. The predicted molar refractivity (Wildman–Crippen MR) is 193 cm³/mol. The monoisotopic (exact) mass is 674 g/mol. The summed E-state index contributed by atoms with van der Waals surface area (Å²) in [6.45, 7) is 9.53. The van der Waals surface area contributed by atoms with Crippen LogP contribution in [-0.4, -0.2) is 67.4 Å². The van der Waals surface area contributed by atoms with Crippen LogP contribution < -0.4 is 4.74 Å². The minimum Gasteiger partial charge on any atom is -0.488 e. The topological polar surface area (TPSA) is 116 Å². The summed E-state index contributed by atoms with van der Waals surface area (Å²) < 4.78 is 11.8. The molecule has 2 saturated heterocycles. The number of ether oxygens (including phenoxy) is 2. The third kappa shape index (κ3) is 5.63. The Morgan fingerprint density at radius 3 is 2.70 bits per heavy atom. The molecule has 10 heteroatoms. The largest absolute Gasteiger partial charge is 0.488 e. The van der Waals surface area contributed by atoms with Crippen molar-refractivity contribution in [1.82, 2.24) is 29.7 Å². The standard InChI is InChI=1S/C40H46N6O4/c1-6-7-36(47)45-20-22(2)14-34(45)40-42-31-12-10-25-17-30-28-11-9-26(16-27(28)21-50-35(30)18-29(25)38(31)44-40)32-19-41-39(43-32)33-13-8-23(3)46(33)37(48)15-24(4)49-5/h9-12,16-19,22-24,33-34H,6-8,13-15,20-21H2,1-5H3,(H,41,43)(H,42,44)/t22-,23-,24+,33-,34-/m0/s1. The lowest BCUT2D eigenvalue weighted by molar-refractivity contribution is -0.136. The maximum absolute atomic E-state index is 13.2. The molecule has 3 aliphatic rings. The van der Waals surface area contributed by atoms with Gasteiger partial charge in [-0.2, -0.15) is 0 Å². The number of methoxy groups -OCH3 is 1. The first-order valence-corrected chi connectivity index (χ1v) is 18.1. The van der Waals surface area contributed by atoms with Crippen molar-refractivity contribution in [3.05, 3.63) is 65.9 Å². The van der Waals surface area contributed by atoms with Crippen molar-refractivity contribution in [2.45, 2.75) is 97.1 Å². The highest BCUT2D eigenvalue weighted by Gasteiger charge is 2.38. The lowest BCUT2D eigenvalue weighted by Gasteiger charge is -2.28. The van der Waals surface area contributed by atoms with Crippen LogP contribution in [0.15, 0.2) is 48.7 Å². The van der Waals surface area contributed by atoms with E-state index in [0.29, 0.717) is 25.4 Å². The number of likely N-dealkylation sites (tertiary alicyclic amines) is 2. The number of H-pyrrole nitrogens is 2. The van der Waals surface area contributed by atoms with Gasteiger partial charge in [-0.05, 0) is 91.8 Å². The lowest BCUT2D eigenvalue weighted by atomic mass is 9.92. The van der Waals surface area contributed by atoms with Crippen molar-refractivity contribution in [2.75, 3.05) is 13.7 Å². The highest BCUT2D eigenvalue weighted by Crippen LogP contribution is 2.44. The van der Waals surface area contributed by atoms with E-state index in [4.69, 9.17) is 19.4 Å². The second kappa shape index (κ2) is 12.9. The molecule has 0 bridgehead atoms. The number of hydrogen-bond donors (Lipinski definition) is 2. The van der Waals surface area contributed by atoms with Gasteiger partial charge in [0.15, 0.2) is 0 Å². The molecule has 0 unspecified atom stereocenters. The van der Waals surface area contributed by atoms with Crippen LogP contribution in [0.5, 0.6) is 5.75 Å². The Kier molecular flexibility index (Phi) is 8.37. The first kappa shape index (κ1) is 32.5. The van der Waals surface area contributed by atoms with Crippen LogP contribution in [0.4, 0.5) is 0 Å². The summed E-state index contributed by atoms with van der Waals surface area (Å²) in [6.07, 6.45) is 6.27. The summed E-state index contributed by atoms with van der Waals surface area (Å²) in [5, 5.41) is 2.13. The number of amides is 2. The molecule has 260 valence electrons. The molecule has 2 fully saturated rings. The van der Waals surface area contributed by atoms with E-state index >= 15 is 0 Å². The molecule has 5 atom stereocenters. The first-order valence-electron chi connectivity index (χ1n) is 18.1. The molecule has 10 nitrogen and oxygen atoms in total. The van der Waals surface area contributed by atoms with E-state index in [1.807, 2.05) is 22.9 Å². The van der Waals surface area contributed by atoms with Gasteiger partial charge < -0.3 is 29.2 Å². The second-order valence-corrected chi connectivity index (χ2v) is 14.6. The van der Waals surface area contributed by atoms with Crippen LogP contribution in [0.25, 0.3) is 44.2 Å². The van der Waals surface area contributed by atoms with Crippen molar-refractivity contribution < 1.29 is 19.1 Å². The third-order valence-corrected chi connectivity index (χ3v) is 11.0. The van der Waals surface area contributed by atoms with Gasteiger partial charge in [0, 0.05) is 37.1 Å². The van der Waals surface area contributed by atoms with Crippen molar-refractivity contribution >= 4 is 33.6 Å². The Morgan fingerprint density at radius 2 is 1.88 bits per heavy atom. The third-order valence-electron chi connectivity index (χ3n) is 11.0. The van der Waals surface area contributed by atoms with Gasteiger partial charge in [-0.1, -0.05) is 32.0 Å². The highest BCUT2D eigenvalue weighted by molar-refractivity contribution is 6.07. The number of aromatic nitrogens is 4. The quantitative estimate of drug-likeness (QED) is 0.173. The molecule has 2 amide bonds. The molecule has 3 aliphatic heterocycles. The van der Waals surface area contributed by atoms with Gasteiger partial charge in [-0.15, -0.1) is 0 Å². The van der Waals surface area contributed by atoms with Gasteiger partial charge in [0.05, 0.1) is 47.5 Å². The molecular formula is C40H46N6O4. The summed E-state index contributed by atoms with van der Waals surface area (Å²) in [4.78, 5) is 47.1. The van der Waals surface area contributed by atoms with Crippen LogP contribution in [0.2, 0.25) is 0 Å². The second-order valence-electron chi connectivity index (χ2n) is 14.6. The van der Waals surface area contributed by atoms with Crippen molar-refractivity contribution in [3.63, 3.8) is 0 Å². The molecule has 3 aromatic carbocycles. The summed E-state index contributed by atoms with van der Waals surface area (Å²) in [6, 6.07) is 15.1. The van der Waals surface area contributed by atoms with Crippen LogP contribution in [0.1, 0.15) is 95.5 Å². The number of carbonyl (C=O) groups excluding carboxylic acids is 2. The maximum atomic E-state index is 13.2. The zero-order valence-corrected chi connectivity index (χ0v) is 29.6. The SMILES string of the molecule is CCCC(=O)N1C[C@@H](C)C[C@H]1c1nc2c(ccc3cc4c(cc32)OCc2cc(-c3cnc([C@@H]5CC[C@H](C)N5C(=O)C[C@@H](C)OC)[nH]3)ccc2-4)[nH]1.